The Morgan fingerprint density at radius 2 is 2.15 bits per heavy atom. The average Bonchev–Trinajstić information content (AvgIpc) is 3.11. The maximum atomic E-state index is 12.6. The monoisotopic (exact) mass is 376 g/mol. The van der Waals surface area contributed by atoms with Gasteiger partial charge in [-0.05, 0) is 48.1 Å². The highest BCUT2D eigenvalue weighted by Crippen LogP contribution is 2.28. The zero-order chi connectivity index (χ0) is 18.5. The van der Waals surface area contributed by atoms with Crippen molar-refractivity contribution in [3.8, 4) is 0 Å². The van der Waals surface area contributed by atoms with E-state index < -0.39 is 0 Å². The van der Waals surface area contributed by atoms with Gasteiger partial charge in [0.2, 0.25) is 5.91 Å². The first kappa shape index (κ1) is 19.2. The Hall–Kier alpha value is -1.56. The van der Waals surface area contributed by atoms with Crippen LogP contribution in [0.4, 0.5) is 0 Å². The smallest absolute Gasteiger partial charge is 0.242 e. The van der Waals surface area contributed by atoms with Gasteiger partial charge in [0.05, 0.1) is 6.54 Å². The van der Waals surface area contributed by atoms with Crippen LogP contribution in [0.3, 0.4) is 0 Å². The Labute approximate surface area is 161 Å². The number of nitrogens with zero attached hydrogens (tertiary/aromatic N) is 3. The van der Waals surface area contributed by atoms with E-state index >= 15 is 0 Å². The zero-order valence-corrected chi connectivity index (χ0v) is 17.1. The fourth-order valence-electron chi connectivity index (χ4n) is 4.10. The molecule has 144 valence electrons. The van der Waals surface area contributed by atoms with Gasteiger partial charge in [-0.15, -0.1) is 11.3 Å². The summed E-state index contributed by atoms with van der Waals surface area (Å²) in [7, 11) is 3.88. The highest BCUT2D eigenvalue weighted by molar-refractivity contribution is 7.10. The molecule has 0 bridgehead atoms. The molecule has 0 unspecified atom stereocenters. The van der Waals surface area contributed by atoms with Crippen molar-refractivity contribution in [1.29, 1.82) is 0 Å². The first-order valence-electron chi connectivity index (χ1n) is 9.81. The van der Waals surface area contributed by atoms with Crippen LogP contribution in [0.5, 0.6) is 0 Å². The predicted octanol–water partition coefficient (Wildman–Crippen LogP) is 2.97. The van der Waals surface area contributed by atoms with Crippen molar-refractivity contribution >= 4 is 23.2 Å². The van der Waals surface area contributed by atoms with Gasteiger partial charge in [0, 0.05) is 38.6 Å². The first-order chi connectivity index (χ1) is 12.6. The third-order valence-electron chi connectivity index (χ3n) is 5.80. The van der Waals surface area contributed by atoms with Gasteiger partial charge in [0.1, 0.15) is 0 Å². The molecule has 1 aromatic rings. The number of aliphatic imine (C=N–C) groups is 1. The van der Waals surface area contributed by atoms with E-state index in [1.54, 1.807) is 18.4 Å². The maximum absolute atomic E-state index is 12.6. The Morgan fingerprint density at radius 3 is 2.88 bits per heavy atom. The maximum Gasteiger partial charge on any atom is 0.242 e. The molecule has 1 aliphatic heterocycles. The highest BCUT2D eigenvalue weighted by Gasteiger charge is 2.23. The third kappa shape index (κ3) is 4.78. The minimum Gasteiger partial charge on any atom is -0.347 e. The van der Waals surface area contributed by atoms with E-state index in [-0.39, 0.29) is 5.91 Å². The van der Waals surface area contributed by atoms with Crippen molar-refractivity contribution in [3.63, 3.8) is 0 Å². The van der Waals surface area contributed by atoms with Gasteiger partial charge in [-0.25, -0.2) is 0 Å². The van der Waals surface area contributed by atoms with Crippen molar-refractivity contribution in [2.24, 2.45) is 16.8 Å². The Bertz CT molecular complexity index is 634. The SMILES string of the molecule is CN=C(NCC(=O)N1CCc2sccc2C1)N(C)CC1CCC(C)CC1. The molecular weight excluding hydrogens is 344 g/mol. The molecular formula is C20H32N4OS. The summed E-state index contributed by atoms with van der Waals surface area (Å²) < 4.78 is 0. The summed E-state index contributed by atoms with van der Waals surface area (Å²) in [4.78, 5) is 22.5. The molecule has 3 rings (SSSR count). The van der Waals surface area contributed by atoms with Crippen LogP contribution in [-0.4, -0.2) is 55.4 Å². The summed E-state index contributed by atoms with van der Waals surface area (Å²) in [5.41, 5.74) is 1.31. The fourth-order valence-corrected chi connectivity index (χ4v) is 4.99. The lowest BCUT2D eigenvalue weighted by Gasteiger charge is -2.32. The minimum atomic E-state index is 0.155. The number of carbonyl (C=O) groups excluding carboxylic acids is 1. The molecule has 2 aliphatic rings. The molecule has 26 heavy (non-hydrogen) atoms. The van der Waals surface area contributed by atoms with Crippen LogP contribution < -0.4 is 5.32 Å². The fraction of sp³-hybridized carbons (Fsp3) is 0.700. The largest absolute Gasteiger partial charge is 0.347 e. The number of hydrogen-bond acceptors (Lipinski definition) is 3. The third-order valence-corrected chi connectivity index (χ3v) is 6.82. The van der Waals surface area contributed by atoms with E-state index in [4.69, 9.17) is 0 Å². The molecule has 1 aliphatic carbocycles. The summed E-state index contributed by atoms with van der Waals surface area (Å²) in [6, 6.07) is 2.14. The summed E-state index contributed by atoms with van der Waals surface area (Å²) in [5.74, 6) is 2.59. The van der Waals surface area contributed by atoms with E-state index in [0.717, 1.165) is 43.9 Å². The zero-order valence-electron chi connectivity index (χ0n) is 16.3. The van der Waals surface area contributed by atoms with Gasteiger partial charge in [0.25, 0.3) is 0 Å². The van der Waals surface area contributed by atoms with Crippen molar-refractivity contribution in [2.45, 2.75) is 45.6 Å². The lowest BCUT2D eigenvalue weighted by atomic mass is 9.83. The number of guanidine groups is 1. The van der Waals surface area contributed by atoms with Crippen LogP contribution in [0.15, 0.2) is 16.4 Å². The Balaban J connectivity index is 1.45. The molecule has 0 spiro atoms. The van der Waals surface area contributed by atoms with E-state index in [1.165, 1.54) is 36.1 Å². The summed E-state index contributed by atoms with van der Waals surface area (Å²) >= 11 is 1.80. The summed E-state index contributed by atoms with van der Waals surface area (Å²) in [6.07, 6.45) is 6.26. The van der Waals surface area contributed by atoms with E-state index in [9.17, 15) is 4.79 Å². The standard InChI is InChI=1S/C20H32N4OS/c1-15-4-6-16(7-5-15)13-23(3)20(21-2)22-12-19(25)24-10-8-18-17(14-24)9-11-26-18/h9,11,15-16H,4-8,10,12-14H2,1-3H3,(H,21,22). The van der Waals surface area contributed by atoms with Gasteiger partial charge < -0.3 is 15.1 Å². The second-order valence-corrected chi connectivity index (χ2v) is 8.84. The van der Waals surface area contributed by atoms with E-state index in [1.807, 2.05) is 4.90 Å². The van der Waals surface area contributed by atoms with E-state index in [0.29, 0.717) is 6.54 Å². The molecule has 2 heterocycles. The van der Waals surface area contributed by atoms with Gasteiger partial charge >= 0.3 is 0 Å². The molecule has 1 saturated carbocycles. The molecule has 1 aromatic heterocycles. The number of amides is 1. The molecule has 1 fully saturated rings. The normalized spacial score (nSPS) is 23.5. The Morgan fingerprint density at radius 1 is 1.38 bits per heavy atom. The second kappa shape index (κ2) is 8.89. The molecule has 5 nitrogen and oxygen atoms in total. The summed E-state index contributed by atoms with van der Waals surface area (Å²) in [6.45, 7) is 5.25. The van der Waals surface area contributed by atoms with Gasteiger partial charge in [0.15, 0.2) is 5.96 Å². The molecule has 0 atom stereocenters. The number of fused-ring (bicyclic) bond motifs is 1. The Kier molecular flexibility index (Phi) is 6.57. The van der Waals surface area contributed by atoms with Crippen LogP contribution >= 0.6 is 11.3 Å². The van der Waals surface area contributed by atoms with Gasteiger partial charge in [-0.3, -0.25) is 9.79 Å². The number of thiophene rings is 1. The highest BCUT2D eigenvalue weighted by atomic mass is 32.1. The van der Waals surface area contributed by atoms with Crippen molar-refractivity contribution in [1.82, 2.24) is 15.1 Å². The number of nitrogens with one attached hydrogen (secondary N) is 1. The predicted molar refractivity (Wildman–Crippen MR) is 109 cm³/mol. The summed E-state index contributed by atoms with van der Waals surface area (Å²) in [5, 5.41) is 5.39. The molecule has 6 heteroatoms. The van der Waals surface area contributed by atoms with Crippen molar-refractivity contribution in [2.75, 3.05) is 33.7 Å². The molecule has 0 radical (unpaired) electrons. The van der Waals surface area contributed by atoms with Crippen LogP contribution in [0, 0.1) is 11.8 Å². The molecule has 0 saturated heterocycles. The van der Waals surface area contributed by atoms with Crippen LogP contribution in [0.25, 0.3) is 0 Å². The van der Waals surface area contributed by atoms with Gasteiger partial charge in [-0.2, -0.15) is 0 Å². The minimum absolute atomic E-state index is 0.155. The van der Waals surface area contributed by atoms with Crippen LogP contribution in [0.2, 0.25) is 0 Å². The van der Waals surface area contributed by atoms with Crippen LogP contribution in [-0.2, 0) is 17.8 Å². The van der Waals surface area contributed by atoms with Gasteiger partial charge in [-0.1, -0.05) is 19.8 Å². The van der Waals surface area contributed by atoms with E-state index in [2.05, 4.69) is 40.6 Å². The molecule has 1 N–H and O–H groups in total. The second-order valence-electron chi connectivity index (χ2n) is 7.84. The lowest BCUT2D eigenvalue weighted by Crippen LogP contribution is -2.47. The molecule has 0 aromatic carbocycles. The van der Waals surface area contributed by atoms with Crippen molar-refractivity contribution in [3.05, 3.63) is 21.9 Å². The number of hydrogen-bond donors (Lipinski definition) is 1. The van der Waals surface area contributed by atoms with Crippen molar-refractivity contribution < 1.29 is 4.79 Å². The lowest BCUT2D eigenvalue weighted by molar-refractivity contribution is -0.130. The first-order valence-corrected chi connectivity index (χ1v) is 10.7. The topological polar surface area (TPSA) is 47.9 Å². The average molecular weight is 377 g/mol. The molecule has 1 amide bonds. The number of carbonyl (C=O) groups is 1. The quantitative estimate of drug-likeness (QED) is 0.649. The van der Waals surface area contributed by atoms with Crippen LogP contribution in [0.1, 0.15) is 43.0 Å². The number of rotatable bonds is 4.